The Morgan fingerprint density at radius 1 is 1.08 bits per heavy atom. The van der Waals surface area contributed by atoms with Gasteiger partial charge in [-0.2, -0.15) is 22.8 Å². The van der Waals surface area contributed by atoms with Crippen LogP contribution in [0.2, 0.25) is 0 Å². The molecule has 3 aromatic heterocycles. The molecule has 0 spiro atoms. The summed E-state index contributed by atoms with van der Waals surface area (Å²) >= 11 is 1.49. The maximum absolute atomic E-state index is 13.3. The first kappa shape index (κ1) is 16.5. The second-order valence-electron chi connectivity index (χ2n) is 5.51. The molecule has 1 aromatic carbocycles. The third-order valence-electron chi connectivity index (χ3n) is 3.80. The van der Waals surface area contributed by atoms with Crippen LogP contribution in [0.25, 0.3) is 16.9 Å². The molecule has 1 N–H and O–H groups in total. The molecule has 4 aromatic rings. The van der Waals surface area contributed by atoms with E-state index in [4.69, 9.17) is 0 Å². The smallest absolute Gasteiger partial charge is 0.363 e. The van der Waals surface area contributed by atoms with E-state index in [1.165, 1.54) is 34.1 Å². The molecule has 0 bridgehead atoms. The van der Waals surface area contributed by atoms with Gasteiger partial charge in [-0.1, -0.05) is 18.2 Å². The number of thiazole rings is 1. The van der Waals surface area contributed by atoms with Gasteiger partial charge in [0.05, 0.1) is 35.2 Å². The molecule has 0 radical (unpaired) electrons. The van der Waals surface area contributed by atoms with Crippen molar-refractivity contribution in [3.05, 3.63) is 64.7 Å². The summed E-state index contributed by atoms with van der Waals surface area (Å²) in [6, 6.07) is 8.57. The number of hydrogen-bond acceptors (Lipinski definition) is 5. The molecule has 0 unspecified atom stereocenters. The molecule has 0 saturated carbocycles. The lowest BCUT2D eigenvalue weighted by molar-refractivity contribution is -0.137. The van der Waals surface area contributed by atoms with Crippen LogP contribution < -0.4 is 5.32 Å². The molecular weight excluding hydrogens is 363 g/mol. The van der Waals surface area contributed by atoms with E-state index >= 15 is 0 Å². The summed E-state index contributed by atoms with van der Waals surface area (Å²) in [6.45, 7) is 0.475. The lowest BCUT2D eigenvalue weighted by Gasteiger charge is -2.12. The standard InChI is InChI=1S/C17H12F3N5S/c18-17(19,20)13-4-2-1-3-12(13)14-5-6-15-22-8-16(25(15)24-14)21-7-11-9-26-10-23-11/h1-6,8-10,21H,7H2. The second kappa shape index (κ2) is 6.41. The molecule has 0 aliphatic carbocycles. The summed E-state index contributed by atoms with van der Waals surface area (Å²) in [7, 11) is 0. The Morgan fingerprint density at radius 2 is 1.92 bits per heavy atom. The minimum Gasteiger partial charge on any atom is -0.363 e. The zero-order chi connectivity index (χ0) is 18.1. The highest BCUT2D eigenvalue weighted by molar-refractivity contribution is 7.07. The summed E-state index contributed by atoms with van der Waals surface area (Å²) in [5.74, 6) is 0.583. The highest BCUT2D eigenvalue weighted by atomic mass is 32.1. The number of rotatable bonds is 4. The molecule has 0 saturated heterocycles. The first-order valence-corrected chi connectivity index (χ1v) is 8.59. The summed E-state index contributed by atoms with van der Waals surface area (Å²) in [5.41, 5.74) is 2.67. The van der Waals surface area contributed by atoms with Gasteiger partial charge in [0.25, 0.3) is 0 Å². The van der Waals surface area contributed by atoms with Crippen molar-refractivity contribution in [1.29, 1.82) is 0 Å². The van der Waals surface area contributed by atoms with Crippen LogP contribution in [0.5, 0.6) is 0 Å². The summed E-state index contributed by atoms with van der Waals surface area (Å²) in [5, 5.41) is 9.42. The van der Waals surface area contributed by atoms with Gasteiger partial charge >= 0.3 is 6.18 Å². The van der Waals surface area contributed by atoms with Gasteiger partial charge in [0.15, 0.2) is 5.65 Å². The van der Waals surface area contributed by atoms with Crippen LogP contribution in [0.15, 0.2) is 53.5 Å². The molecule has 132 valence electrons. The van der Waals surface area contributed by atoms with Crippen molar-refractivity contribution >= 4 is 22.8 Å². The van der Waals surface area contributed by atoms with Gasteiger partial charge in [0, 0.05) is 10.9 Å². The van der Waals surface area contributed by atoms with Gasteiger partial charge in [-0.3, -0.25) is 0 Å². The van der Waals surface area contributed by atoms with Crippen LogP contribution in [0.1, 0.15) is 11.3 Å². The highest BCUT2D eigenvalue weighted by Gasteiger charge is 2.33. The fourth-order valence-corrected chi connectivity index (χ4v) is 3.16. The first-order valence-electron chi connectivity index (χ1n) is 7.65. The molecule has 9 heteroatoms. The molecular formula is C17H12F3N5S. The predicted molar refractivity (Wildman–Crippen MR) is 92.9 cm³/mol. The Kier molecular flexibility index (Phi) is 4.08. The molecule has 0 aliphatic rings. The van der Waals surface area contributed by atoms with E-state index in [0.29, 0.717) is 18.0 Å². The van der Waals surface area contributed by atoms with Gasteiger partial charge in [-0.25, -0.2) is 9.97 Å². The van der Waals surface area contributed by atoms with Crippen LogP contribution in [-0.4, -0.2) is 19.6 Å². The Labute approximate surface area is 150 Å². The van der Waals surface area contributed by atoms with Crippen molar-refractivity contribution in [1.82, 2.24) is 19.6 Å². The monoisotopic (exact) mass is 375 g/mol. The average molecular weight is 375 g/mol. The number of aromatic nitrogens is 4. The number of anilines is 1. The Bertz CT molecular complexity index is 1040. The Morgan fingerprint density at radius 3 is 2.69 bits per heavy atom. The van der Waals surface area contributed by atoms with E-state index in [9.17, 15) is 13.2 Å². The maximum Gasteiger partial charge on any atom is 0.417 e. The van der Waals surface area contributed by atoms with E-state index in [1.807, 2.05) is 5.38 Å². The normalized spacial score (nSPS) is 11.8. The summed E-state index contributed by atoms with van der Waals surface area (Å²) in [4.78, 5) is 8.40. The SMILES string of the molecule is FC(F)(F)c1ccccc1-c1ccc2ncc(NCc3cscn3)n2n1. The molecule has 5 nitrogen and oxygen atoms in total. The number of nitrogens with one attached hydrogen (secondary N) is 1. The number of hydrogen-bond donors (Lipinski definition) is 1. The van der Waals surface area contributed by atoms with E-state index in [2.05, 4.69) is 20.4 Å². The molecule has 26 heavy (non-hydrogen) atoms. The van der Waals surface area contributed by atoms with E-state index in [0.717, 1.165) is 11.8 Å². The minimum absolute atomic E-state index is 0.0288. The van der Waals surface area contributed by atoms with Crippen molar-refractivity contribution in [3.8, 4) is 11.3 Å². The minimum atomic E-state index is -4.45. The van der Waals surface area contributed by atoms with Crippen LogP contribution >= 0.6 is 11.3 Å². The number of fused-ring (bicyclic) bond motifs is 1. The van der Waals surface area contributed by atoms with Crippen molar-refractivity contribution < 1.29 is 13.2 Å². The summed E-state index contributed by atoms with van der Waals surface area (Å²) in [6.07, 6.45) is -2.86. The lowest BCUT2D eigenvalue weighted by Crippen LogP contribution is -2.09. The molecule has 4 rings (SSSR count). The van der Waals surface area contributed by atoms with Crippen molar-refractivity contribution in [2.75, 3.05) is 5.32 Å². The number of imidazole rings is 1. The van der Waals surface area contributed by atoms with Gasteiger partial charge in [-0.05, 0) is 18.2 Å². The fourth-order valence-electron chi connectivity index (χ4n) is 2.60. The molecule has 0 aliphatic heterocycles. The van der Waals surface area contributed by atoms with Crippen LogP contribution in [0, 0.1) is 0 Å². The third kappa shape index (κ3) is 3.13. The summed E-state index contributed by atoms with van der Waals surface area (Å²) < 4.78 is 41.3. The maximum atomic E-state index is 13.3. The zero-order valence-corrected chi connectivity index (χ0v) is 14.1. The van der Waals surface area contributed by atoms with Crippen LogP contribution in [0.4, 0.5) is 19.0 Å². The first-order chi connectivity index (χ1) is 12.5. The van der Waals surface area contributed by atoms with Gasteiger partial charge in [-0.15, -0.1) is 11.3 Å². The zero-order valence-electron chi connectivity index (χ0n) is 13.2. The van der Waals surface area contributed by atoms with Crippen LogP contribution in [-0.2, 0) is 12.7 Å². The second-order valence-corrected chi connectivity index (χ2v) is 6.23. The Hall–Kier alpha value is -2.94. The van der Waals surface area contributed by atoms with Gasteiger partial charge in [0.2, 0.25) is 0 Å². The number of benzene rings is 1. The molecule has 0 fully saturated rings. The largest absolute Gasteiger partial charge is 0.417 e. The highest BCUT2D eigenvalue weighted by Crippen LogP contribution is 2.36. The van der Waals surface area contributed by atoms with Crippen molar-refractivity contribution in [2.24, 2.45) is 0 Å². The number of halogens is 3. The topological polar surface area (TPSA) is 55.1 Å². The fraction of sp³-hybridized carbons (Fsp3) is 0.118. The Balaban J connectivity index is 1.73. The lowest BCUT2D eigenvalue weighted by atomic mass is 10.0. The predicted octanol–water partition coefficient (Wildman–Crippen LogP) is 4.48. The third-order valence-corrected chi connectivity index (χ3v) is 4.44. The number of nitrogens with zero attached hydrogens (tertiary/aromatic N) is 4. The van der Waals surface area contributed by atoms with Crippen molar-refractivity contribution in [2.45, 2.75) is 12.7 Å². The van der Waals surface area contributed by atoms with Gasteiger partial charge < -0.3 is 5.32 Å². The van der Waals surface area contributed by atoms with Crippen LogP contribution in [0.3, 0.4) is 0 Å². The van der Waals surface area contributed by atoms with E-state index in [-0.39, 0.29) is 11.3 Å². The quantitative estimate of drug-likeness (QED) is 0.571. The molecule has 0 atom stereocenters. The van der Waals surface area contributed by atoms with E-state index < -0.39 is 11.7 Å². The number of alkyl halides is 3. The molecule has 0 amide bonds. The van der Waals surface area contributed by atoms with Gasteiger partial charge in [0.1, 0.15) is 5.82 Å². The average Bonchev–Trinajstić information content (AvgIpc) is 3.28. The van der Waals surface area contributed by atoms with Crippen molar-refractivity contribution in [3.63, 3.8) is 0 Å². The van der Waals surface area contributed by atoms with E-state index in [1.54, 1.807) is 23.8 Å². The molecule has 3 heterocycles.